The summed E-state index contributed by atoms with van der Waals surface area (Å²) in [4.78, 5) is 15.0. The molecule has 2 aromatic rings. The molecule has 1 fully saturated rings. The molecule has 1 aliphatic heterocycles. The molecule has 3 heteroatoms. The summed E-state index contributed by atoms with van der Waals surface area (Å²) in [5.41, 5.74) is 2.01. The Morgan fingerprint density at radius 2 is 1.77 bits per heavy atom. The predicted molar refractivity (Wildman–Crippen MR) is 88.7 cm³/mol. The molecule has 1 saturated heterocycles. The number of ether oxygens (including phenoxy) is 1. The standard InChI is InChI=1S/C19H21NO2/c1-22-18-9-5-6-16(14-18)19(21)15-10-12-20(13-11-15)17-7-3-2-4-8-17/h2-9,14-15H,10-13H2,1H3. The third-order valence-electron chi connectivity index (χ3n) is 4.34. The SMILES string of the molecule is COc1cccc(C(=O)C2CCN(c3ccccc3)CC2)c1. The Labute approximate surface area is 131 Å². The Morgan fingerprint density at radius 1 is 1.05 bits per heavy atom. The molecule has 0 N–H and O–H groups in total. The van der Waals surface area contributed by atoms with E-state index in [1.54, 1.807) is 7.11 Å². The van der Waals surface area contributed by atoms with E-state index >= 15 is 0 Å². The number of carbonyl (C=O) groups excluding carboxylic acids is 1. The largest absolute Gasteiger partial charge is 0.497 e. The average molecular weight is 295 g/mol. The number of hydrogen-bond acceptors (Lipinski definition) is 3. The van der Waals surface area contributed by atoms with Crippen LogP contribution < -0.4 is 9.64 Å². The molecule has 0 saturated carbocycles. The third-order valence-corrected chi connectivity index (χ3v) is 4.34. The summed E-state index contributed by atoms with van der Waals surface area (Å²) < 4.78 is 5.21. The number of para-hydroxylation sites is 1. The first-order valence-corrected chi connectivity index (χ1v) is 7.76. The zero-order valence-corrected chi connectivity index (χ0v) is 12.9. The summed E-state index contributed by atoms with van der Waals surface area (Å²) in [6, 6.07) is 17.9. The van der Waals surface area contributed by atoms with Crippen molar-refractivity contribution in [2.24, 2.45) is 5.92 Å². The van der Waals surface area contributed by atoms with Crippen LogP contribution in [0.15, 0.2) is 54.6 Å². The Kier molecular flexibility index (Phi) is 4.42. The van der Waals surface area contributed by atoms with E-state index in [9.17, 15) is 4.79 Å². The second kappa shape index (κ2) is 6.65. The maximum atomic E-state index is 12.6. The van der Waals surface area contributed by atoms with Crippen molar-refractivity contribution in [3.8, 4) is 5.75 Å². The van der Waals surface area contributed by atoms with E-state index in [-0.39, 0.29) is 11.7 Å². The van der Waals surface area contributed by atoms with Crippen LogP contribution >= 0.6 is 0 Å². The van der Waals surface area contributed by atoms with Crippen molar-refractivity contribution < 1.29 is 9.53 Å². The molecule has 3 nitrogen and oxygen atoms in total. The van der Waals surface area contributed by atoms with Crippen LogP contribution in [0.25, 0.3) is 0 Å². The summed E-state index contributed by atoms with van der Waals surface area (Å²) >= 11 is 0. The number of benzene rings is 2. The molecule has 2 aromatic carbocycles. The van der Waals surface area contributed by atoms with Gasteiger partial charge in [-0.25, -0.2) is 0 Å². The lowest BCUT2D eigenvalue weighted by molar-refractivity contribution is 0.0900. The summed E-state index contributed by atoms with van der Waals surface area (Å²) in [6.07, 6.45) is 1.82. The van der Waals surface area contributed by atoms with E-state index in [4.69, 9.17) is 4.74 Å². The Balaban J connectivity index is 1.64. The molecule has 22 heavy (non-hydrogen) atoms. The molecular formula is C19H21NO2. The molecule has 0 aromatic heterocycles. The lowest BCUT2D eigenvalue weighted by Gasteiger charge is -2.33. The van der Waals surface area contributed by atoms with E-state index in [0.29, 0.717) is 0 Å². The van der Waals surface area contributed by atoms with Gasteiger partial charge in [0.15, 0.2) is 5.78 Å². The van der Waals surface area contributed by atoms with Crippen molar-refractivity contribution in [2.45, 2.75) is 12.8 Å². The number of rotatable bonds is 4. The molecule has 1 aliphatic rings. The highest BCUT2D eigenvalue weighted by atomic mass is 16.5. The molecule has 0 bridgehead atoms. The van der Waals surface area contributed by atoms with Crippen molar-refractivity contribution in [3.05, 3.63) is 60.2 Å². The first-order chi connectivity index (χ1) is 10.8. The second-order valence-electron chi connectivity index (χ2n) is 5.69. The minimum Gasteiger partial charge on any atom is -0.497 e. The minimum atomic E-state index is 0.118. The number of ketones is 1. The van der Waals surface area contributed by atoms with E-state index in [2.05, 4.69) is 29.2 Å². The first kappa shape index (κ1) is 14.6. The number of piperidine rings is 1. The highest BCUT2D eigenvalue weighted by molar-refractivity contribution is 5.98. The van der Waals surface area contributed by atoms with Crippen LogP contribution in [0, 0.1) is 5.92 Å². The summed E-state index contributed by atoms with van der Waals surface area (Å²) in [7, 11) is 1.63. The Morgan fingerprint density at radius 3 is 2.45 bits per heavy atom. The maximum Gasteiger partial charge on any atom is 0.166 e. The van der Waals surface area contributed by atoms with Crippen LogP contribution in [0.1, 0.15) is 23.2 Å². The summed E-state index contributed by atoms with van der Waals surface area (Å²) in [5, 5.41) is 0. The van der Waals surface area contributed by atoms with Gasteiger partial charge in [-0.1, -0.05) is 30.3 Å². The molecule has 0 spiro atoms. The molecule has 3 rings (SSSR count). The van der Waals surface area contributed by atoms with Crippen LogP contribution in [0.2, 0.25) is 0 Å². The van der Waals surface area contributed by atoms with Gasteiger partial charge in [0.05, 0.1) is 7.11 Å². The lowest BCUT2D eigenvalue weighted by atomic mass is 9.88. The van der Waals surface area contributed by atoms with Crippen LogP contribution in [-0.4, -0.2) is 26.0 Å². The van der Waals surface area contributed by atoms with Gasteiger partial charge in [0, 0.05) is 30.3 Å². The number of hydrogen-bond donors (Lipinski definition) is 0. The Bertz CT molecular complexity index is 631. The molecule has 0 amide bonds. The van der Waals surface area contributed by atoms with Crippen molar-refractivity contribution in [2.75, 3.05) is 25.1 Å². The zero-order valence-electron chi connectivity index (χ0n) is 12.9. The van der Waals surface area contributed by atoms with Crippen molar-refractivity contribution in [3.63, 3.8) is 0 Å². The van der Waals surface area contributed by atoms with E-state index in [1.807, 2.05) is 30.3 Å². The quantitative estimate of drug-likeness (QED) is 0.804. The fourth-order valence-electron chi connectivity index (χ4n) is 3.05. The third kappa shape index (κ3) is 3.14. The molecule has 0 radical (unpaired) electrons. The fourth-order valence-corrected chi connectivity index (χ4v) is 3.05. The zero-order chi connectivity index (χ0) is 15.4. The topological polar surface area (TPSA) is 29.5 Å². The normalized spacial score (nSPS) is 15.6. The van der Waals surface area contributed by atoms with Crippen molar-refractivity contribution in [1.29, 1.82) is 0 Å². The van der Waals surface area contributed by atoms with Gasteiger partial charge in [-0.3, -0.25) is 4.79 Å². The monoisotopic (exact) mass is 295 g/mol. The lowest BCUT2D eigenvalue weighted by Crippen LogP contribution is -2.36. The van der Waals surface area contributed by atoms with Gasteiger partial charge in [0.1, 0.15) is 5.75 Å². The predicted octanol–water partition coefficient (Wildman–Crippen LogP) is 3.79. The van der Waals surface area contributed by atoms with E-state index in [1.165, 1.54) is 5.69 Å². The van der Waals surface area contributed by atoms with Gasteiger partial charge in [-0.05, 0) is 37.1 Å². The highest BCUT2D eigenvalue weighted by Crippen LogP contribution is 2.26. The fraction of sp³-hybridized carbons (Fsp3) is 0.316. The van der Waals surface area contributed by atoms with Crippen LogP contribution in [0.4, 0.5) is 5.69 Å². The van der Waals surface area contributed by atoms with Crippen LogP contribution in [-0.2, 0) is 0 Å². The van der Waals surface area contributed by atoms with Gasteiger partial charge in [0.2, 0.25) is 0 Å². The number of Topliss-reactive ketones (excluding diaryl/α,β-unsaturated/α-hetero) is 1. The molecular weight excluding hydrogens is 274 g/mol. The smallest absolute Gasteiger partial charge is 0.166 e. The maximum absolute atomic E-state index is 12.6. The van der Waals surface area contributed by atoms with Gasteiger partial charge < -0.3 is 9.64 Å². The van der Waals surface area contributed by atoms with Crippen LogP contribution in [0.3, 0.4) is 0 Å². The summed E-state index contributed by atoms with van der Waals surface area (Å²) in [6.45, 7) is 1.87. The van der Waals surface area contributed by atoms with Gasteiger partial charge in [-0.2, -0.15) is 0 Å². The van der Waals surface area contributed by atoms with Crippen molar-refractivity contribution in [1.82, 2.24) is 0 Å². The summed E-state index contributed by atoms with van der Waals surface area (Å²) in [5.74, 6) is 1.10. The number of methoxy groups -OCH3 is 1. The first-order valence-electron chi connectivity index (χ1n) is 7.76. The van der Waals surface area contributed by atoms with Gasteiger partial charge in [0.25, 0.3) is 0 Å². The average Bonchev–Trinajstić information content (AvgIpc) is 2.62. The van der Waals surface area contributed by atoms with Crippen LogP contribution in [0.5, 0.6) is 5.75 Å². The Hall–Kier alpha value is -2.29. The molecule has 114 valence electrons. The van der Waals surface area contributed by atoms with E-state index in [0.717, 1.165) is 37.2 Å². The number of anilines is 1. The number of nitrogens with zero attached hydrogens (tertiary/aromatic N) is 1. The molecule has 0 unspecified atom stereocenters. The van der Waals surface area contributed by atoms with Gasteiger partial charge in [-0.15, -0.1) is 0 Å². The second-order valence-corrected chi connectivity index (χ2v) is 5.69. The molecule has 0 atom stereocenters. The number of carbonyl (C=O) groups is 1. The highest BCUT2D eigenvalue weighted by Gasteiger charge is 2.26. The minimum absolute atomic E-state index is 0.118. The van der Waals surface area contributed by atoms with E-state index < -0.39 is 0 Å². The van der Waals surface area contributed by atoms with Crippen molar-refractivity contribution >= 4 is 11.5 Å². The molecule has 0 aliphatic carbocycles. The molecule has 1 heterocycles. The van der Waals surface area contributed by atoms with Gasteiger partial charge >= 0.3 is 0 Å².